The predicted octanol–water partition coefficient (Wildman–Crippen LogP) is 2.86. The van der Waals surface area contributed by atoms with Gasteiger partial charge in [-0.2, -0.15) is 11.3 Å². The fraction of sp³-hybridized carbons (Fsp3) is 0.667. The summed E-state index contributed by atoms with van der Waals surface area (Å²) >= 11 is 1.71. The Balaban J connectivity index is 2.27. The third kappa shape index (κ3) is 6.39. The van der Waals surface area contributed by atoms with Crippen LogP contribution in [-0.2, 0) is 11.3 Å². The minimum Gasteiger partial charge on any atom is -0.378 e. The smallest absolute Gasteiger partial charge is 0.191 e. The minimum atomic E-state index is 0.308. The van der Waals surface area contributed by atoms with Gasteiger partial charge in [0.2, 0.25) is 0 Å². The van der Waals surface area contributed by atoms with Crippen LogP contribution in [0.2, 0.25) is 0 Å². The molecule has 20 heavy (non-hydrogen) atoms. The standard InChI is InChI=1S/C15H27N3OS/c1-5-19-14(12(2)3)6-8-17-15(16-4)18-10-13-7-9-20-11-13/h7,9,11-12,14H,5-6,8,10H2,1-4H3,(H2,16,17,18). The van der Waals surface area contributed by atoms with Crippen molar-refractivity contribution in [3.8, 4) is 0 Å². The maximum atomic E-state index is 5.74. The predicted molar refractivity (Wildman–Crippen MR) is 87.4 cm³/mol. The van der Waals surface area contributed by atoms with E-state index in [1.165, 1.54) is 5.56 Å². The lowest BCUT2D eigenvalue weighted by Gasteiger charge is -2.21. The van der Waals surface area contributed by atoms with Crippen LogP contribution >= 0.6 is 11.3 Å². The van der Waals surface area contributed by atoms with Crippen LogP contribution in [0, 0.1) is 5.92 Å². The maximum absolute atomic E-state index is 5.74. The van der Waals surface area contributed by atoms with Crippen LogP contribution in [0.4, 0.5) is 0 Å². The SMILES string of the molecule is CCOC(CCNC(=NC)NCc1ccsc1)C(C)C. The zero-order chi connectivity index (χ0) is 14.8. The molecular formula is C15H27N3OS. The average molecular weight is 297 g/mol. The van der Waals surface area contributed by atoms with Crippen LogP contribution in [0.25, 0.3) is 0 Å². The second-order valence-corrected chi connectivity index (χ2v) is 5.79. The second-order valence-electron chi connectivity index (χ2n) is 5.01. The molecule has 1 unspecified atom stereocenters. The van der Waals surface area contributed by atoms with Crippen molar-refractivity contribution in [1.29, 1.82) is 0 Å². The molecule has 0 spiro atoms. The highest BCUT2D eigenvalue weighted by Gasteiger charge is 2.12. The number of hydrogen-bond donors (Lipinski definition) is 2. The van der Waals surface area contributed by atoms with E-state index < -0.39 is 0 Å². The van der Waals surface area contributed by atoms with E-state index >= 15 is 0 Å². The van der Waals surface area contributed by atoms with Crippen LogP contribution in [0.1, 0.15) is 32.8 Å². The fourth-order valence-corrected chi connectivity index (χ4v) is 2.62. The van der Waals surface area contributed by atoms with E-state index in [1.54, 1.807) is 18.4 Å². The van der Waals surface area contributed by atoms with Crippen molar-refractivity contribution >= 4 is 17.3 Å². The molecule has 1 heterocycles. The lowest BCUT2D eigenvalue weighted by Crippen LogP contribution is -2.38. The molecule has 0 amide bonds. The Morgan fingerprint density at radius 1 is 1.40 bits per heavy atom. The number of ether oxygens (including phenoxy) is 1. The van der Waals surface area contributed by atoms with Crippen molar-refractivity contribution in [2.45, 2.75) is 39.8 Å². The average Bonchev–Trinajstić information content (AvgIpc) is 2.94. The number of thiophene rings is 1. The first-order chi connectivity index (χ1) is 9.67. The molecule has 114 valence electrons. The molecule has 0 aliphatic carbocycles. The zero-order valence-corrected chi connectivity index (χ0v) is 13.8. The molecule has 0 fully saturated rings. The van der Waals surface area contributed by atoms with Gasteiger partial charge in [0, 0.05) is 26.7 Å². The topological polar surface area (TPSA) is 45.6 Å². The molecular weight excluding hydrogens is 270 g/mol. The Labute approximate surface area is 126 Å². The third-order valence-electron chi connectivity index (χ3n) is 3.11. The Bertz CT molecular complexity index is 376. The van der Waals surface area contributed by atoms with Gasteiger partial charge in [-0.1, -0.05) is 13.8 Å². The van der Waals surface area contributed by atoms with Crippen molar-refractivity contribution in [3.63, 3.8) is 0 Å². The number of rotatable bonds is 8. The maximum Gasteiger partial charge on any atom is 0.191 e. The van der Waals surface area contributed by atoms with Crippen molar-refractivity contribution in [2.24, 2.45) is 10.9 Å². The molecule has 4 nitrogen and oxygen atoms in total. The Kier molecular flexibility index (Phi) is 8.30. The zero-order valence-electron chi connectivity index (χ0n) is 13.0. The number of guanidine groups is 1. The molecule has 1 aromatic heterocycles. The molecule has 0 aliphatic rings. The summed E-state index contributed by atoms with van der Waals surface area (Å²) in [5.41, 5.74) is 1.28. The molecule has 1 aromatic rings. The summed E-state index contributed by atoms with van der Waals surface area (Å²) < 4.78 is 5.74. The number of hydrogen-bond acceptors (Lipinski definition) is 3. The molecule has 0 aliphatic heterocycles. The summed E-state index contributed by atoms with van der Waals surface area (Å²) in [6.45, 7) is 8.89. The lowest BCUT2D eigenvalue weighted by atomic mass is 10.0. The quantitative estimate of drug-likeness (QED) is 0.573. The lowest BCUT2D eigenvalue weighted by molar-refractivity contribution is 0.0258. The first kappa shape index (κ1) is 17.0. The van der Waals surface area contributed by atoms with E-state index in [0.717, 1.165) is 32.1 Å². The minimum absolute atomic E-state index is 0.308. The number of nitrogens with one attached hydrogen (secondary N) is 2. The number of nitrogens with zero attached hydrogens (tertiary/aromatic N) is 1. The molecule has 2 N–H and O–H groups in total. The molecule has 0 saturated heterocycles. The van der Waals surface area contributed by atoms with Crippen LogP contribution in [0.15, 0.2) is 21.8 Å². The van der Waals surface area contributed by atoms with Crippen molar-refractivity contribution in [2.75, 3.05) is 20.2 Å². The summed E-state index contributed by atoms with van der Waals surface area (Å²) in [5.74, 6) is 1.38. The largest absolute Gasteiger partial charge is 0.378 e. The Morgan fingerprint density at radius 3 is 2.75 bits per heavy atom. The van der Waals surface area contributed by atoms with E-state index in [0.29, 0.717) is 12.0 Å². The van der Waals surface area contributed by atoms with Crippen molar-refractivity contribution in [3.05, 3.63) is 22.4 Å². The monoisotopic (exact) mass is 297 g/mol. The van der Waals surface area contributed by atoms with E-state index in [1.807, 2.05) is 6.92 Å². The van der Waals surface area contributed by atoms with E-state index in [2.05, 4.69) is 46.3 Å². The highest BCUT2D eigenvalue weighted by Crippen LogP contribution is 2.10. The van der Waals surface area contributed by atoms with Crippen LogP contribution in [0.3, 0.4) is 0 Å². The van der Waals surface area contributed by atoms with Crippen LogP contribution < -0.4 is 10.6 Å². The van der Waals surface area contributed by atoms with Crippen molar-refractivity contribution in [1.82, 2.24) is 10.6 Å². The number of aliphatic imine (C=N–C) groups is 1. The van der Waals surface area contributed by atoms with E-state index in [-0.39, 0.29) is 0 Å². The Hall–Kier alpha value is -1.07. The second kappa shape index (κ2) is 9.77. The Morgan fingerprint density at radius 2 is 2.20 bits per heavy atom. The van der Waals surface area contributed by atoms with Gasteiger partial charge in [-0.3, -0.25) is 4.99 Å². The fourth-order valence-electron chi connectivity index (χ4n) is 1.96. The molecule has 0 bridgehead atoms. The third-order valence-corrected chi connectivity index (χ3v) is 3.84. The van der Waals surface area contributed by atoms with Gasteiger partial charge >= 0.3 is 0 Å². The van der Waals surface area contributed by atoms with E-state index in [4.69, 9.17) is 4.74 Å². The summed E-state index contributed by atoms with van der Waals surface area (Å²) in [6, 6.07) is 2.12. The van der Waals surface area contributed by atoms with Crippen LogP contribution in [-0.4, -0.2) is 32.3 Å². The molecule has 1 rings (SSSR count). The molecule has 5 heteroatoms. The first-order valence-electron chi connectivity index (χ1n) is 7.24. The summed E-state index contributed by atoms with van der Waals surface area (Å²) in [5, 5.41) is 10.9. The summed E-state index contributed by atoms with van der Waals surface area (Å²) in [6.07, 6.45) is 1.30. The highest BCUT2D eigenvalue weighted by atomic mass is 32.1. The molecule has 0 radical (unpaired) electrons. The molecule has 1 atom stereocenters. The van der Waals surface area contributed by atoms with Crippen LogP contribution in [0.5, 0.6) is 0 Å². The van der Waals surface area contributed by atoms with Gasteiger partial charge in [0.15, 0.2) is 5.96 Å². The van der Waals surface area contributed by atoms with Gasteiger partial charge in [-0.05, 0) is 41.7 Å². The van der Waals surface area contributed by atoms with Gasteiger partial charge in [0.05, 0.1) is 6.10 Å². The van der Waals surface area contributed by atoms with Gasteiger partial charge in [0.25, 0.3) is 0 Å². The highest BCUT2D eigenvalue weighted by molar-refractivity contribution is 7.07. The van der Waals surface area contributed by atoms with Crippen molar-refractivity contribution < 1.29 is 4.74 Å². The van der Waals surface area contributed by atoms with Gasteiger partial charge in [-0.15, -0.1) is 0 Å². The summed E-state index contributed by atoms with van der Waals surface area (Å²) in [4.78, 5) is 4.23. The van der Waals surface area contributed by atoms with Gasteiger partial charge in [0.1, 0.15) is 0 Å². The molecule has 0 aromatic carbocycles. The first-order valence-corrected chi connectivity index (χ1v) is 8.18. The molecule has 0 saturated carbocycles. The van der Waals surface area contributed by atoms with Gasteiger partial charge in [-0.25, -0.2) is 0 Å². The summed E-state index contributed by atoms with van der Waals surface area (Å²) in [7, 11) is 1.80. The van der Waals surface area contributed by atoms with E-state index in [9.17, 15) is 0 Å². The normalized spacial score (nSPS) is 13.6. The van der Waals surface area contributed by atoms with Gasteiger partial charge < -0.3 is 15.4 Å².